The van der Waals surface area contributed by atoms with Crippen LogP contribution in [0, 0.1) is 6.92 Å². The Morgan fingerprint density at radius 2 is 2.00 bits per heavy atom. The van der Waals surface area contributed by atoms with Gasteiger partial charge < -0.3 is 9.52 Å². The van der Waals surface area contributed by atoms with E-state index in [4.69, 9.17) is 4.42 Å². The molecule has 0 aliphatic carbocycles. The van der Waals surface area contributed by atoms with E-state index in [1.807, 2.05) is 0 Å². The maximum atomic E-state index is 11.5. The van der Waals surface area contributed by atoms with Gasteiger partial charge in [-0.25, -0.2) is 0 Å². The van der Waals surface area contributed by atoms with Gasteiger partial charge in [0.15, 0.2) is 5.43 Å². The van der Waals surface area contributed by atoms with Crippen LogP contribution in [0.4, 0.5) is 0 Å². The topological polar surface area (TPSA) is 50.4 Å². The highest BCUT2D eigenvalue weighted by Crippen LogP contribution is 2.18. The van der Waals surface area contributed by atoms with Crippen LogP contribution >= 0.6 is 0 Å². The van der Waals surface area contributed by atoms with Crippen molar-refractivity contribution in [1.29, 1.82) is 0 Å². The molecule has 0 saturated carbocycles. The Labute approximate surface area is 74.2 Å². The zero-order valence-electron chi connectivity index (χ0n) is 7.07. The van der Waals surface area contributed by atoms with Crippen LogP contribution in [0.5, 0.6) is 5.95 Å². The second-order valence-electron chi connectivity index (χ2n) is 2.86. The molecule has 0 aliphatic rings. The van der Waals surface area contributed by atoms with Crippen molar-refractivity contribution in [3.63, 3.8) is 0 Å². The lowest BCUT2D eigenvalue weighted by Gasteiger charge is -1.99. The summed E-state index contributed by atoms with van der Waals surface area (Å²) in [6.07, 6.45) is 0. The molecular weight excluding hydrogens is 168 g/mol. The fraction of sp³-hybridized carbons (Fsp3) is 0.100. The van der Waals surface area contributed by atoms with Crippen molar-refractivity contribution in [3.8, 4) is 5.95 Å². The molecule has 2 rings (SSSR count). The van der Waals surface area contributed by atoms with Crippen LogP contribution in [0.25, 0.3) is 11.0 Å². The summed E-state index contributed by atoms with van der Waals surface area (Å²) in [7, 11) is 0. The first kappa shape index (κ1) is 7.86. The van der Waals surface area contributed by atoms with Crippen LogP contribution in [-0.2, 0) is 0 Å². The first-order valence-corrected chi connectivity index (χ1v) is 3.91. The molecule has 1 aromatic heterocycles. The van der Waals surface area contributed by atoms with E-state index in [-0.39, 0.29) is 16.9 Å². The molecule has 0 amide bonds. The molecule has 0 spiro atoms. The van der Waals surface area contributed by atoms with Gasteiger partial charge in [0.05, 0.1) is 10.9 Å². The third kappa shape index (κ3) is 1.09. The molecule has 0 aliphatic heterocycles. The first-order chi connectivity index (χ1) is 6.20. The smallest absolute Gasteiger partial charge is 0.289 e. The lowest BCUT2D eigenvalue weighted by molar-refractivity contribution is 0.335. The minimum Gasteiger partial charge on any atom is -0.480 e. The van der Waals surface area contributed by atoms with E-state index in [9.17, 15) is 9.90 Å². The van der Waals surface area contributed by atoms with E-state index >= 15 is 0 Å². The predicted molar refractivity (Wildman–Crippen MR) is 48.9 cm³/mol. The minimum atomic E-state index is -0.302. The van der Waals surface area contributed by atoms with Gasteiger partial charge in [-0.2, -0.15) is 0 Å². The summed E-state index contributed by atoms with van der Waals surface area (Å²) >= 11 is 0. The fourth-order valence-corrected chi connectivity index (χ4v) is 1.22. The number of fused-ring (bicyclic) bond motifs is 1. The maximum absolute atomic E-state index is 11.5. The number of hydrogen-bond acceptors (Lipinski definition) is 3. The number of hydrogen-bond donors (Lipinski definition) is 1. The van der Waals surface area contributed by atoms with E-state index in [0.29, 0.717) is 11.0 Å². The molecule has 3 nitrogen and oxygen atoms in total. The monoisotopic (exact) mass is 176 g/mol. The van der Waals surface area contributed by atoms with Crippen molar-refractivity contribution in [2.75, 3.05) is 0 Å². The number of para-hydroxylation sites is 1. The number of benzene rings is 1. The molecule has 1 aromatic carbocycles. The van der Waals surface area contributed by atoms with Crippen molar-refractivity contribution < 1.29 is 9.52 Å². The predicted octanol–water partition coefficient (Wildman–Crippen LogP) is 1.81. The number of rotatable bonds is 0. The normalized spacial score (nSPS) is 10.5. The van der Waals surface area contributed by atoms with Crippen molar-refractivity contribution in [2.45, 2.75) is 6.92 Å². The van der Waals surface area contributed by atoms with Crippen LogP contribution < -0.4 is 5.43 Å². The average molecular weight is 176 g/mol. The Balaban J connectivity index is 3.03. The molecule has 0 unspecified atom stereocenters. The zero-order chi connectivity index (χ0) is 9.42. The molecule has 2 aromatic rings. The number of aromatic hydroxyl groups is 1. The second-order valence-corrected chi connectivity index (χ2v) is 2.86. The quantitative estimate of drug-likeness (QED) is 0.665. The van der Waals surface area contributed by atoms with Crippen molar-refractivity contribution in [3.05, 3.63) is 40.1 Å². The van der Waals surface area contributed by atoms with Gasteiger partial charge >= 0.3 is 0 Å². The standard InChI is InChI=1S/C10H8O3/c1-6-9(11)7-4-2-3-5-8(7)13-10(6)12/h2-5,12H,1H3. The molecule has 1 N–H and O–H groups in total. The summed E-state index contributed by atoms with van der Waals surface area (Å²) in [6, 6.07) is 6.83. The summed E-state index contributed by atoms with van der Waals surface area (Å²) in [5.74, 6) is -0.302. The van der Waals surface area contributed by atoms with Gasteiger partial charge in [0, 0.05) is 0 Å². The second kappa shape index (κ2) is 2.62. The van der Waals surface area contributed by atoms with Crippen LogP contribution in [0.2, 0.25) is 0 Å². The summed E-state index contributed by atoms with van der Waals surface area (Å²) in [4.78, 5) is 11.5. The van der Waals surface area contributed by atoms with E-state index < -0.39 is 0 Å². The Hall–Kier alpha value is -1.77. The van der Waals surface area contributed by atoms with E-state index in [0.717, 1.165) is 0 Å². The van der Waals surface area contributed by atoms with E-state index in [1.165, 1.54) is 6.92 Å². The van der Waals surface area contributed by atoms with Crippen molar-refractivity contribution in [2.24, 2.45) is 0 Å². The largest absolute Gasteiger partial charge is 0.480 e. The summed E-state index contributed by atoms with van der Waals surface area (Å²) in [6.45, 7) is 1.54. The minimum absolute atomic E-state index is 0.181. The van der Waals surface area contributed by atoms with Crippen LogP contribution in [0.1, 0.15) is 5.56 Å². The third-order valence-electron chi connectivity index (χ3n) is 2.00. The van der Waals surface area contributed by atoms with Crippen LogP contribution in [0.15, 0.2) is 33.5 Å². The van der Waals surface area contributed by atoms with Crippen LogP contribution in [0.3, 0.4) is 0 Å². The highest BCUT2D eigenvalue weighted by atomic mass is 16.5. The Bertz CT molecular complexity index is 511. The Kier molecular flexibility index (Phi) is 1.59. The average Bonchev–Trinajstić information content (AvgIpc) is 2.15. The van der Waals surface area contributed by atoms with Gasteiger partial charge in [-0.1, -0.05) is 12.1 Å². The molecule has 13 heavy (non-hydrogen) atoms. The molecule has 0 fully saturated rings. The SMILES string of the molecule is Cc1c(O)oc2ccccc2c1=O. The summed E-state index contributed by atoms with van der Waals surface area (Å²) in [5.41, 5.74) is 0.480. The van der Waals surface area contributed by atoms with Gasteiger partial charge in [0.25, 0.3) is 5.95 Å². The molecule has 0 radical (unpaired) electrons. The molecule has 66 valence electrons. The molecular formula is C10H8O3. The van der Waals surface area contributed by atoms with Crippen LogP contribution in [-0.4, -0.2) is 5.11 Å². The van der Waals surface area contributed by atoms with Crippen molar-refractivity contribution >= 4 is 11.0 Å². The molecule has 0 bridgehead atoms. The maximum Gasteiger partial charge on any atom is 0.289 e. The van der Waals surface area contributed by atoms with E-state index in [1.54, 1.807) is 24.3 Å². The highest BCUT2D eigenvalue weighted by molar-refractivity contribution is 5.77. The Morgan fingerprint density at radius 1 is 1.31 bits per heavy atom. The fourth-order valence-electron chi connectivity index (χ4n) is 1.22. The van der Waals surface area contributed by atoms with E-state index in [2.05, 4.69) is 0 Å². The summed E-state index contributed by atoms with van der Waals surface area (Å²) in [5, 5.41) is 9.73. The van der Waals surface area contributed by atoms with Gasteiger partial charge in [0.1, 0.15) is 5.58 Å². The van der Waals surface area contributed by atoms with Crippen molar-refractivity contribution in [1.82, 2.24) is 0 Å². The zero-order valence-corrected chi connectivity index (χ0v) is 7.07. The molecule has 1 heterocycles. The lowest BCUT2D eigenvalue weighted by atomic mass is 10.2. The molecule has 0 saturated heterocycles. The van der Waals surface area contributed by atoms with Gasteiger partial charge in [-0.05, 0) is 19.1 Å². The van der Waals surface area contributed by atoms with Gasteiger partial charge in [-0.15, -0.1) is 0 Å². The Morgan fingerprint density at radius 3 is 2.77 bits per heavy atom. The lowest BCUT2D eigenvalue weighted by Crippen LogP contribution is -2.04. The van der Waals surface area contributed by atoms with Gasteiger partial charge in [-0.3, -0.25) is 4.79 Å². The molecule has 3 heteroatoms. The molecule has 0 atom stereocenters. The first-order valence-electron chi connectivity index (χ1n) is 3.91. The van der Waals surface area contributed by atoms with Gasteiger partial charge in [0.2, 0.25) is 0 Å². The summed E-state index contributed by atoms with van der Waals surface area (Å²) < 4.78 is 5.03. The highest BCUT2D eigenvalue weighted by Gasteiger charge is 2.07. The third-order valence-corrected chi connectivity index (χ3v) is 2.00.